The second-order valence-electron chi connectivity index (χ2n) is 3.15. The van der Waals surface area contributed by atoms with Gasteiger partial charge in [-0.3, -0.25) is 4.98 Å². The summed E-state index contributed by atoms with van der Waals surface area (Å²) in [5.41, 5.74) is 0.741. The molecule has 2 rings (SSSR count). The first-order chi connectivity index (χ1) is 7.77. The van der Waals surface area contributed by atoms with Gasteiger partial charge >= 0.3 is 0 Å². The van der Waals surface area contributed by atoms with Crippen molar-refractivity contribution in [2.75, 3.05) is 0 Å². The van der Waals surface area contributed by atoms with E-state index in [1.54, 1.807) is 24.4 Å². The number of nitrogens with zero attached hydrogens (tertiary/aromatic N) is 1. The van der Waals surface area contributed by atoms with E-state index in [0.29, 0.717) is 0 Å². The van der Waals surface area contributed by atoms with E-state index in [-0.39, 0.29) is 18.2 Å². The molecule has 0 bridgehead atoms. The van der Waals surface area contributed by atoms with Gasteiger partial charge in [-0.15, -0.1) is 0 Å². The lowest BCUT2D eigenvalue weighted by Gasteiger charge is -2.07. The monoisotopic (exact) mass is 281 g/mol. The van der Waals surface area contributed by atoms with Gasteiger partial charge in [0.05, 0.1) is 5.69 Å². The normalized spacial score (nSPS) is 10.1. The van der Waals surface area contributed by atoms with E-state index in [4.69, 9.17) is 4.74 Å². The third-order valence-corrected chi connectivity index (χ3v) is 2.76. The van der Waals surface area contributed by atoms with Crippen molar-refractivity contribution in [3.05, 3.63) is 58.6 Å². The summed E-state index contributed by atoms with van der Waals surface area (Å²) >= 11 is 3.35. The molecule has 0 radical (unpaired) electrons. The highest BCUT2D eigenvalue weighted by Crippen LogP contribution is 2.19. The van der Waals surface area contributed by atoms with Crippen molar-refractivity contribution in [3.8, 4) is 5.75 Å². The molecule has 0 fully saturated rings. The number of para-hydroxylation sites is 1. The lowest BCUT2D eigenvalue weighted by atomic mass is 10.3. The molecule has 0 atom stereocenters. The molecule has 0 spiro atoms. The van der Waals surface area contributed by atoms with Gasteiger partial charge in [-0.05, 0) is 40.2 Å². The van der Waals surface area contributed by atoms with E-state index in [0.717, 1.165) is 10.2 Å². The molecule has 1 aromatic heterocycles. The van der Waals surface area contributed by atoms with Crippen LogP contribution in [0.15, 0.2) is 47.1 Å². The van der Waals surface area contributed by atoms with Gasteiger partial charge in [-0.2, -0.15) is 0 Å². The van der Waals surface area contributed by atoms with E-state index in [1.165, 1.54) is 6.07 Å². The molecular formula is C12H9BrFNO. The average Bonchev–Trinajstić information content (AvgIpc) is 2.30. The first kappa shape index (κ1) is 11.1. The molecule has 1 heterocycles. The number of benzene rings is 1. The second kappa shape index (κ2) is 5.07. The van der Waals surface area contributed by atoms with Crippen LogP contribution in [0.2, 0.25) is 0 Å². The Morgan fingerprint density at radius 2 is 2.00 bits per heavy atom. The van der Waals surface area contributed by atoms with Gasteiger partial charge in [0.1, 0.15) is 6.61 Å². The van der Waals surface area contributed by atoms with Crippen molar-refractivity contribution < 1.29 is 9.13 Å². The fourth-order valence-corrected chi connectivity index (χ4v) is 1.60. The van der Waals surface area contributed by atoms with Crippen LogP contribution in [0.1, 0.15) is 5.69 Å². The zero-order valence-corrected chi connectivity index (χ0v) is 9.95. The van der Waals surface area contributed by atoms with Crippen molar-refractivity contribution in [1.82, 2.24) is 4.98 Å². The summed E-state index contributed by atoms with van der Waals surface area (Å²) in [4.78, 5) is 4.13. The summed E-state index contributed by atoms with van der Waals surface area (Å²) in [6, 6.07) is 9.99. The lowest BCUT2D eigenvalue weighted by molar-refractivity contribution is 0.285. The molecule has 0 amide bonds. The summed E-state index contributed by atoms with van der Waals surface area (Å²) in [5.74, 6) is -0.130. The highest BCUT2D eigenvalue weighted by Gasteiger charge is 2.04. The predicted octanol–water partition coefficient (Wildman–Crippen LogP) is 3.56. The quantitative estimate of drug-likeness (QED) is 0.858. The third-order valence-electron chi connectivity index (χ3n) is 2.04. The Kier molecular flexibility index (Phi) is 3.51. The van der Waals surface area contributed by atoms with E-state index in [1.807, 2.05) is 12.1 Å². The van der Waals surface area contributed by atoms with Crippen molar-refractivity contribution >= 4 is 15.9 Å². The molecule has 0 aliphatic carbocycles. The van der Waals surface area contributed by atoms with Crippen LogP contribution in [-0.4, -0.2) is 4.98 Å². The number of aromatic nitrogens is 1. The van der Waals surface area contributed by atoms with Crippen LogP contribution in [0.25, 0.3) is 0 Å². The Hall–Kier alpha value is -1.42. The fourth-order valence-electron chi connectivity index (χ4n) is 1.23. The minimum atomic E-state index is -0.366. The van der Waals surface area contributed by atoms with Gasteiger partial charge < -0.3 is 4.74 Å². The highest BCUT2D eigenvalue weighted by molar-refractivity contribution is 9.10. The van der Waals surface area contributed by atoms with Gasteiger partial charge in [0, 0.05) is 10.7 Å². The number of hydrogen-bond donors (Lipinski definition) is 0. The van der Waals surface area contributed by atoms with E-state index < -0.39 is 0 Å². The number of ether oxygens (including phenoxy) is 1. The molecule has 4 heteroatoms. The van der Waals surface area contributed by atoms with Crippen molar-refractivity contribution in [1.29, 1.82) is 0 Å². The molecule has 1 aromatic carbocycles. The zero-order valence-electron chi connectivity index (χ0n) is 8.36. The Morgan fingerprint density at radius 1 is 1.19 bits per heavy atom. The van der Waals surface area contributed by atoms with Crippen LogP contribution in [0, 0.1) is 5.82 Å². The summed E-state index contributed by atoms with van der Waals surface area (Å²) < 4.78 is 19.4. The van der Waals surface area contributed by atoms with E-state index in [2.05, 4.69) is 20.9 Å². The summed E-state index contributed by atoms with van der Waals surface area (Å²) in [6.45, 7) is 0.238. The Morgan fingerprint density at radius 3 is 2.75 bits per heavy atom. The molecule has 0 unspecified atom stereocenters. The van der Waals surface area contributed by atoms with Gasteiger partial charge in [-0.1, -0.05) is 12.1 Å². The maximum absolute atomic E-state index is 13.2. The van der Waals surface area contributed by atoms with E-state index >= 15 is 0 Å². The van der Waals surface area contributed by atoms with Crippen LogP contribution < -0.4 is 4.74 Å². The standard InChI is InChI=1S/C12H9BrFNO/c13-9-4-3-7-15-11(9)8-16-12-6-2-1-5-10(12)14/h1-7H,8H2. The lowest BCUT2D eigenvalue weighted by Crippen LogP contribution is -2.00. The maximum Gasteiger partial charge on any atom is 0.165 e. The van der Waals surface area contributed by atoms with Crippen LogP contribution in [0.4, 0.5) is 4.39 Å². The SMILES string of the molecule is Fc1ccccc1OCc1ncccc1Br. The highest BCUT2D eigenvalue weighted by atomic mass is 79.9. The van der Waals surface area contributed by atoms with Gasteiger partial charge in [0.2, 0.25) is 0 Å². The molecule has 0 saturated heterocycles. The first-order valence-electron chi connectivity index (χ1n) is 4.74. The molecule has 0 aliphatic rings. The van der Waals surface area contributed by atoms with Crippen molar-refractivity contribution in [2.24, 2.45) is 0 Å². The number of pyridine rings is 1. The molecule has 0 aliphatic heterocycles. The predicted molar refractivity (Wildman–Crippen MR) is 62.7 cm³/mol. The second-order valence-corrected chi connectivity index (χ2v) is 4.01. The van der Waals surface area contributed by atoms with Crippen LogP contribution in [-0.2, 0) is 6.61 Å². The molecule has 2 aromatic rings. The van der Waals surface area contributed by atoms with E-state index in [9.17, 15) is 4.39 Å². The van der Waals surface area contributed by atoms with Crippen molar-refractivity contribution in [2.45, 2.75) is 6.61 Å². The Bertz CT molecular complexity index is 444. The van der Waals surface area contributed by atoms with Crippen LogP contribution >= 0.6 is 15.9 Å². The molecule has 82 valence electrons. The first-order valence-corrected chi connectivity index (χ1v) is 5.53. The Balaban J connectivity index is 2.09. The number of hydrogen-bond acceptors (Lipinski definition) is 2. The van der Waals surface area contributed by atoms with Crippen LogP contribution in [0.3, 0.4) is 0 Å². The maximum atomic E-state index is 13.2. The van der Waals surface area contributed by atoms with Crippen molar-refractivity contribution in [3.63, 3.8) is 0 Å². The van der Waals surface area contributed by atoms with Crippen LogP contribution in [0.5, 0.6) is 5.75 Å². The smallest absolute Gasteiger partial charge is 0.165 e. The minimum Gasteiger partial charge on any atom is -0.484 e. The topological polar surface area (TPSA) is 22.1 Å². The average molecular weight is 282 g/mol. The molecule has 16 heavy (non-hydrogen) atoms. The molecule has 0 saturated carbocycles. The fraction of sp³-hybridized carbons (Fsp3) is 0.0833. The summed E-state index contributed by atoms with van der Waals surface area (Å²) in [6.07, 6.45) is 1.67. The number of halogens is 2. The van der Waals surface area contributed by atoms with Gasteiger partial charge in [0.25, 0.3) is 0 Å². The summed E-state index contributed by atoms with van der Waals surface area (Å²) in [5, 5.41) is 0. The summed E-state index contributed by atoms with van der Waals surface area (Å²) in [7, 11) is 0. The van der Waals surface area contributed by atoms with Gasteiger partial charge in [0.15, 0.2) is 11.6 Å². The van der Waals surface area contributed by atoms with Gasteiger partial charge in [-0.25, -0.2) is 4.39 Å². The largest absolute Gasteiger partial charge is 0.484 e. The number of rotatable bonds is 3. The third kappa shape index (κ3) is 2.58. The minimum absolute atomic E-state index is 0.236. The Labute approximate surface area is 101 Å². The molecule has 0 N–H and O–H groups in total. The molecular weight excluding hydrogens is 273 g/mol. The molecule has 2 nitrogen and oxygen atoms in total. The zero-order chi connectivity index (χ0) is 11.4.